The number of rotatable bonds is 9. The third-order valence-electron chi connectivity index (χ3n) is 7.07. The van der Waals surface area contributed by atoms with Gasteiger partial charge in [-0.05, 0) is 85.9 Å². The molecule has 2 aromatic rings. The molecular formula is C33H42. The first-order valence-electron chi connectivity index (χ1n) is 13.5. The summed E-state index contributed by atoms with van der Waals surface area (Å²) in [5.41, 5.74) is 4.73. The van der Waals surface area contributed by atoms with E-state index in [0.717, 1.165) is 34.9 Å². The molecule has 0 atom stereocenters. The predicted octanol–water partition coefficient (Wildman–Crippen LogP) is 9.26. The van der Waals surface area contributed by atoms with E-state index in [-0.39, 0.29) is 0 Å². The molecule has 0 N–H and O–H groups in total. The van der Waals surface area contributed by atoms with Crippen molar-refractivity contribution in [2.24, 2.45) is 5.92 Å². The molecule has 0 heterocycles. The topological polar surface area (TPSA) is 0 Å². The van der Waals surface area contributed by atoms with Crippen molar-refractivity contribution in [2.45, 2.75) is 103 Å². The average molecular weight is 439 g/mol. The second-order valence-electron chi connectivity index (χ2n) is 9.78. The van der Waals surface area contributed by atoms with E-state index in [4.69, 9.17) is 0 Å². The monoisotopic (exact) mass is 438 g/mol. The minimum Gasteiger partial charge on any atom is -0.0979 e. The molecule has 3 rings (SSSR count). The first kappa shape index (κ1) is 25.2. The Hall–Kier alpha value is -2.44. The van der Waals surface area contributed by atoms with E-state index in [1.54, 1.807) is 0 Å². The molecule has 174 valence electrons. The van der Waals surface area contributed by atoms with Crippen molar-refractivity contribution in [2.75, 3.05) is 0 Å². The van der Waals surface area contributed by atoms with Crippen LogP contribution in [0.15, 0.2) is 48.5 Å². The Labute approximate surface area is 203 Å². The van der Waals surface area contributed by atoms with Crippen LogP contribution in [-0.2, 0) is 0 Å². The Kier molecular flexibility index (Phi) is 11.2. The molecule has 0 unspecified atom stereocenters. The fraction of sp³-hybridized carbons (Fsp3) is 0.515. The van der Waals surface area contributed by atoms with Gasteiger partial charge in [-0.3, -0.25) is 0 Å². The second-order valence-corrected chi connectivity index (χ2v) is 9.78. The second kappa shape index (κ2) is 14.7. The maximum atomic E-state index is 3.33. The summed E-state index contributed by atoms with van der Waals surface area (Å²) in [6, 6.07) is 17.3. The van der Waals surface area contributed by atoms with Crippen molar-refractivity contribution in [1.82, 2.24) is 0 Å². The highest BCUT2D eigenvalue weighted by Gasteiger charge is 2.21. The zero-order valence-electron chi connectivity index (χ0n) is 21.0. The van der Waals surface area contributed by atoms with E-state index in [1.807, 2.05) is 0 Å². The molecule has 0 nitrogen and oxygen atoms in total. The van der Waals surface area contributed by atoms with Crippen molar-refractivity contribution < 1.29 is 0 Å². The number of unbranched alkanes of at least 4 members (excludes halogenated alkanes) is 6. The van der Waals surface area contributed by atoms with Crippen LogP contribution in [0.4, 0.5) is 0 Å². The van der Waals surface area contributed by atoms with Crippen LogP contribution in [0, 0.1) is 29.6 Å². The lowest BCUT2D eigenvalue weighted by molar-refractivity contribution is 0.302. The van der Waals surface area contributed by atoms with Crippen LogP contribution < -0.4 is 0 Å². The molecule has 1 fully saturated rings. The van der Waals surface area contributed by atoms with Gasteiger partial charge < -0.3 is 0 Å². The van der Waals surface area contributed by atoms with Gasteiger partial charge >= 0.3 is 0 Å². The first-order valence-corrected chi connectivity index (χ1v) is 13.5. The van der Waals surface area contributed by atoms with E-state index in [0.29, 0.717) is 0 Å². The molecule has 33 heavy (non-hydrogen) atoms. The van der Waals surface area contributed by atoms with E-state index in [9.17, 15) is 0 Å². The third kappa shape index (κ3) is 9.14. The van der Waals surface area contributed by atoms with E-state index in [1.165, 1.54) is 82.6 Å². The molecule has 1 saturated carbocycles. The Morgan fingerprint density at radius 1 is 0.606 bits per heavy atom. The molecule has 0 radical (unpaired) electrons. The van der Waals surface area contributed by atoms with Crippen LogP contribution >= 0.6 is 0 Å². The summed E-state index contributed by atoms with van der Waals surface area (Å²) >= 11 is 0. The number of hydrogen-bond donors (Lipinski definition) is 0. The van der Waals surface area contributed by atoms with E-state index >= 15 is 0 Å². The van der Waals surface area contributed by atoms with Gasteiger partial charge in [-0.15, -0.1) is 0 Å². The van der Waals surface area contributed by atoms with Crippen LogP contribution in [0.1, 0.15) is 125 Å². The Morgan fingerprint density at radius 3 is 1.76 bits per heavy atom. The van der Waals surface area contributed by atoms with Gasteiger partial charge in [0, 0.05) is 23.1 Å². The number of hydrogen-bond acceptors (Lipinski definition) is 0. The fourth-order valence-electron chi connectivity index (χ4n) is 4.87. The van der Waals surface area contributed by atoms with Gasteiger partial charge in [-0.25, -0.2) is 0 Å². The minimum atomic E-state index is 0.745. The zero-order valence-corrected chi connectivity index (χ0v) is 21.0. The van der Waals surface area contributed by atoms with Gasteiger partial charge in [-0.2, -0.15) is 0 Å². The quantitative estimate of drug-likeness (QED) is 0.270. The van der Waals surface area contributed by atoms with Gasteiger partial charge in [-0.1, -0.05) is 94.6 Å². The van der Waals surface area contributed by atoms with Crippen LogP contribution in [0.2, 0.25) is 0 Å². The summed E-state index contributed by atoms with van der Waals surface area (Å²) < 4.78 is 0. The molecule has 0 aliphatic heterocycles. The fourth-order valence-corrected chi connectivity index (χ4v) is 4.87. The van der Waals surface area contributed by atoms with Crippen LogP contribution in [-0.4, -0.2) is 0 Å². The first-order chi connectivity index (χ1) is 16.3. The van der Waals surface area contributed by atoms with Gasteiger partial charge in [0.15, 0.2) is 0 Å². The lowest BCUT2D eigenvalue weighted by Gasteiger charge is -2.29. The summed E-state index contributed by atoms with van der Waals surface area (Å²) in [7, 11) is 0. The van der Waals surface area contributed by atoms with Crippen molar-refractivity contribution in [3.63, 3.8) is 0 Å². The molecular weight excluding hydrogens is 396 g/mol. The summed E-state index contributed by atoms with van der Waals surface area (Å²) in [6.45, 7) is 4.50. The van der Waals surface area contributed by atoms with E-state index < -0.39 is 0 Å². The minimum absolute atomic E-state index is 0.745. The molecule has 0 saturated heterocycles. The van der Waals surface area contributed by atoms with Crippen molar-refractivity contribution in [3.05, 3.63) is 70.8 Å². The Bertz CT molecular complexity index is 916. The highest BCUT2D eigenvalue weighted by molar-refractivity contribution is 5.46. The number of benzene rings is 2. The summed E-state index contributed by atoms with van der Waals surface area (Å²) in [5, 5.41) is 0. The smallest absolute Gasteiger partial charge is 0.0249 e. The van der Waals surface area contributed by atoms with Crippen molar-refractivity contribution >= 4 is 0 Å². The molecule has 2 aromatic carbocycles. The SMILES string of the molecule is CCCCC#Cc1ccc(C#Cc2ccc(C3CCC(CCCCCCC)CC3)cc2)cc1. The van der Waals surface area contributed by atoms with Crippen molar-refractivity contribution in [1.29, 1.82) is 0 Å². The highest BCUT2D eigenvalue weighted by atomic mass is 14.3. The van der Waals surface area contributed by atoms with Gasteiger partial charge in [0.1, 0.15) is 0 Å². The maximum absolute atomic E-state index is 3.33. The zero-order chi connectivity index (χ0) is 23.1. The third-order valence-corrected chi connectivity index (χ3v) is 7.07. The standard InChI is InChI=1S/C33H42/c1-3-5-7-9-11-13-29-20-24-32(25-21-29)33-26-22-31(23-27-33)19-18-30-16-14-28(15-17-30)12-10-8-6-4-2/h14-17,22-23,26-27,29,32H,3-9,11,13,20-21,24-25H2,1-2H3. The van der Waals surface area contributed by atoms with Crippen LogP contribution in [0.25, 0.3) is 0 Å². The van der Waals surface area contributed by atoms with Gasteiger partial charge in [0.05, 0.1) is 0 Å². The molecule has 0 aromatic heterocycles. The molecule has 0 amide bonds. The van der Waals surface area contributed by atoms with Gasteiger partial charge in [0.25, 0.3) is 0 Å². The lowest BCUT2D eigenvalue weighted by atomic mass is 9.77. The lowest BCUT2D eigenvalue weighted by Crippen LogP contribution is -2.13. The predicted molar refractivity (Wildman–Crippen MR) is 143 cm³/mol. The summed E-state index contributed by atoms with van der Waals surface area (Å²) in [4.78, 5) is 0. The van der Waals surface area contributed by atoms with Crippen LogP contribution in [0.5, 0.6) is 0 Å². The van der Waals surface area contributed by atoms with Gasteiger partial charge in [0.2, 0.25) is 0 Å². The molecule has 0 heteroatoms. The summed E-state index contributed by atoms with van der Waals surface area (Å²) in [6.07, 6.45) is 17.4. The molecule has 0 bridgehead atoms. The van der Waals surface area contributed by atoms with Crippen LogP contribution in [0.3, 0.4) is 0 Å². The summed E-state index contributed by atoms with van der Waals surface area (Å²) in [5.74, 6) is 14.8. The van der Waals surface area contributed by atoms with E-state index in [2.05, 4.69) is 86.1 Å². The molecule has 1 aliphatic carbocycles. The average Bonchev–Trinajstić information content (AvgIpc) is 2.87. The maximum Gasteiger partial charge on any atom is 0.0249 e. The normalized spacial score (nSPS) is 17.5. The molecule has 0 spiro atoms. The largest absolute Gasteiger partial charge is 0.0979 e. The molecule has 1 aliphatic rings. The highest BCUT2D eigenvalue weighted by Crippen LogP contribution is 2.37. The van der Waals surface area contributed by atoms with Crippen molar-refractivity contribution in [3.8, 4) is 23.7 Å². The Balaban J connectivity index is 1.44. The Morgan fingerprint density at radius 2 is 1.15 bits per heavy atom.